The molecule has 4 nitrogen and oxygen atoms in total. The van der Waals surface area contributed by atoms with Gasteiger partial charge in [0.25, 0.3) is 0 Å². The Balaban J connectivity index is 2.22. The number of aryl methyl sites for hydroxylation is 1. The van der Waals surface area contributed by atoms with Gasteiger partial charge in [0.1, 0.15) is 17.2 Å². The molecule has 112 valence electrons. The zero-order valence-corrected chi connectivity index (χ0v) is 13.0. The number of hydrogen-bond acceptors (Lipinski definition) is 4. The molecule has 0 saturated carbocycles. The first-order chi connectivity index (χ1) is 10.1. The Bertz CT molecular complexity index is 597. The Hall–Kier alpha value is -2.07. The minimum atomic E-state index is 0.413. The zero-order chi connectivity index (χ0) is 15.2. The molecule has 0 unspecified atom stereocenters. The molecule has 0 bridgehead atoms. The van der Waals surface area contributed by atoms with E-state index < -0.39 is 0 Å². The van der Waals surface area contributed by atoms with Gasteiger partial charge in [-0.25, -0.2) is 0 Å². The molecule has 1 heterocycles. The molecule has 4 heteroatoms. The first kappa shape index (κ1) is 15.3. The molecule has 0 aliphatic heterocycles. The van der Waals surface area contributed by atoms with E-state index in [-0.39, 0.29) is 0 Å². The third-order valence-electron chi connectivity index (χ3n) is 3.05. The van der Waals surface area contributed by atoms with Crippen molar-refractivity contribution in [2.75, 3.05) is 7.11 Å². The highest BCUT2D eigenvalue weighted by Crippen LogP contribution is 2.28. The fourth-order valence-electron chi connectivity index (χ4n) is 1.90. The van der Waals surface area contributed by atoms with Crippen LogP contribution in [0.4, 0.5) is 0 Å². The normalized spacial score (nSPS) is 10.7. The van der Waals surface area contributed by atoms with E-state index in [1.807, 2.05) is 43.5 Å². The fraction of sp³-hybridized carbons (Fsp3) is 0.353. The van der Waals surface area contributed by atoms with E-state index in [0.29, 0.717) is 6.04 Å². The molecule has 0 saturated heterocycles. The van der Waals surface area contributed by atoms with Crippen LogP contribution in [0, 0.1) is 6.92 Å². The lowest BCUT2D eigenvalue weighted by Gasteiger charge is -2.14. The quantitative estimate of drug-likeness (QED) is 0.879. The van der Waals surface area contributed by atoms with Crippen LogP contribution >= 0.6 is 0 Å². The van der Waals surface area contributed by atoms with Gasteiger partial charge in [0.05, 0.1) is 7.11 Å². The Kier molecular flexibility index (Phi) is 5.17. The number of ether oxygens (including phenoxy) is 2. The van der Waals surface area contributed by atoms with Gasteiger partial charge < -0.3 is 14.8 Å². The standard InChI is InChI=1S/C17H22N2O2/c1-12(2)18-10-14-11-19-13(3)8-17(14)21-16-7-5-6-15(9-16)20-4/h5-9,11-12,18H,10H2,1-4H3. The predicted molar refractivity (Wildman–Crippen MR) is 84.0 cm³/mol. The summed E-state index contributed by atoms with van der Waals surface area (Å²) >= 11 is 0. The van der Waals surface area contributed by atoms with Crippen molar-refractivity contribution >= 4 is 0 Å². The molecule has 1 aromatic heterocycles. The van der Waals surface area contributed by atoms with Crippen LogP contribution in [0.2, 0.25) is 0 Å². The third kappa shape index (κ3) is 4.46. The van der Waals surface area contributed by atoms with E-state index in [2.05, 4.69) is 24.1 Å². The van der Waals surface area contributed by atoms with Gasteiger partial charge >= 0.3 is 0 Å². The maximum Gasteiger partial charge on any atom is 0.135 e. The molecule has 2 rings (SSSR count). The number of benzene rings is 1. The molecule has 21 heavy (non-hydrogen) atoms. The lowest BCUT2D eigenvalue weighted by atomic mass is 10.2. The minimum absolute atomic E-state index is 0.413. The van der Waals surface area contributed by atoms with Crippen molar-refractivity contribution in [2.24, 2.45) is 0 Å². The zero-order valence-electron chi connectivity index (χ0n) is 13.0. The van der Waals surface area contributed by atoms with Crippen LogP contribution in [0.1, 0.15) is 25.1 Å². The number of nitrogens with one attached hydrogen (secondary N) is 1. The number of rotatable bonds is 6. The van der Waals surface area contributed by atoms with Crippen molar-refractivity contribution in [1.29, 1.82) is 0 Å². The van der Waals surface area contributed by atoms with Crippen molar-refractivity contribution in [2.45, 2.75) is 33.4 Å². The van der Waals surface area contributed by atoms with Gasteiger partial charge in [0.15, 0.2) is 0 Å². The molecule has 0 aliphatic rings. The Labute approximate surface area is 126 Å². The van der Waals surface area contributed by atoms with Crippen molar-refractivity contribution in [3.05, 3.63) is 47.8 Å². The number of nitrogens with zero attached hydrogens (tertiary/aromatic N) is 1. The largest absolute Gasteiger partial charge is 0.497 e. The highest BCUT2D eigenvalue weighted by molar-refractivity contribution is 5.40. The SMILES string of the molecule is COc1cccc(Oc2cc(C)ncc2CNC(C)C)c1. The van der Waals surface area contributed by atoms with Gasteiger partial charge in [-0.2, -0.15) is 0 Å². The van der Waals surface area contributed by atoms with Gasteiger partial charge in [-0.05, 0) is 19.1 Å². The van der Waals surface area contributed by atoms with Crippen LogP contribution in [-0.4, -0.2) is 18.1 Å². The van der Waals surface area contributed by atoms with Crippen molar-refractivity contribution < 1.29 is 9.47 Å². The molecule has 0 spiro atoms. The highest BCUT2D eigenvalue weighted by atomic mass is 16.5. The van der Waals surface area contributed by atoms with Crippen LogP contribution in [0.25, 0.3) is 0 Å². The van der Waals surface area contributed by atoms with Crippen LogP contribution in [-0.2, 0) is 6.54 Å². The summed E-state index contributed by atoms with van der Waals surface area (Å²) in [5, 5.41) is 3.39. The first-order valence-electron chi connectivity index (χ1n) is 7.09. The van der Waals surface area contributed by atoms with E-state index in [1.165, 1.54) is 0 Å². The molecule has 0 aliphatic carbocycles. The maximum atomic E-state index is 6.01. The van der Waals surface area contributed by atoms with E-state index in [0.717, 1.165) is 35.1 Å². The number of aromatic nitrogens is 1. The van der Waals surface area contributed by atoms with Crippen molar-refractivity contribution in [3.63, 3.8) is 0 Å². The van der Waals surface area contributed by atoms with Crippen LogP contribution in [0.15, 0.2) is 36.5 Å². The minimum Gasteiger partial charge on any atom is -0.497 e. The van der Waals surface area contributed by atoms with Gasteiger partial charge in [-0.1, -0.05) is 19.9 Å². The Morgan fingerprint density at radius 2 is 1.95 bits per heavy atom. The smallest absolute Gasteiger partial charge is 0.135 e. The average Bonchev–Trinajstić information content (AvgIpc) is 2.46. The molecule has 2 aromatic rings. The summed E-state index contributed by atoms with van der Waals surface area (Å²) in [6.07, 6.45) is 1.86. The van der Waals surface area contributed by atoms with Gasteiger partial charge in [-0.3, -0.25) is 4.98 Å². The monoisotopic (exact) mass is 286 g/mol. The third-order valence-corrected chi connectivity index (χ3v) is 3.05. The van der Waals surface area contributed by atoms with Crippen molar-refractivity contribution in [1.82, 2.24) is 10.3 Å². The maximum absolute atomic E-state index is 6.01. The van der Waals surface area contributed by atoms with E-state index >= 15 is 0 Å². The number of methoxy groups -OCH3 is 1. The lowest BCUT2D eigenvalue weighted by molar-refractivity contribution is 0.408. The van der Waals surface area contributed by atoms with E-state index in [1.54, 1.807) is 7.11 Å². The molecule has 0 radical (unpaired) electrons. The molecule has 0 atom stereocenters. The van der Waals surface area contributed by atoms with E-state index in [4.69, 9.17) is 9.47 Å². The average molecular weight is 286 g/mol. The Morgan fingerprint density at radius 3 is 2.67 bits per heavy atom. The summed E-state index contributed by atoms with van der Waals surface area (Å²) in [6, 6.07) is 9.96. The van der Waals surface area contributed by atoms with Gasteiger partial charge in [-0.15, -0.1) is 0 Å². The molecular weight excluding hydrogens is 264 g/mol. The number of pyridine rings is 1. The summed E-state index contributed by atoms with van der Waals surface area (Å²) in [4.78, 5) is 4.35. The second-order valence-electron chi connectivity index (χ2n) is 5.25. The highest BCUT2D eigenvalue weighted by Gasteiger charge is 2.08. The summed E-state index contributed by atoms with van der Waals surface area (Å²) in [5.74, 6) is 2.36. The summed E-state index contributed by atoms with van der Waals surface area (Å²) < 4.78 is 11.2. The topological polar surface area (TPSA) is 43.4 Å². The van der Waals surface area contributed by atoms with Gasteiger partial charge in [0.2, 0.25) is 0 Å². The molecule has 1 N–H and O–H groups in total. The first-order valence-corrected chi connectivity index (χ1v) is 7.09. The Morgan fingerprint density at radius 1 is 1.19 bits per heavy atom. The summed E-state index contributed by atoms with van der Waals surface area (Å²) in [7, 11) is 1.65. The number of hydrogen-bond donors (Lipinski definition) is 1. The summed E-state index contributed by atoms with van der Waals surface area (Å²) in [6.45, 7) is 6.91. The summed E-state index contributed by atoms with van der Waals surface area (Å²) in [5.41, 5.74) is 1.97. The second-order valence-corrected chi connectivity index (χ2v) is 5.25. The molecule has 1 aromatic carbocycles. The van der Waals surface area contributed by atoms with Gasteiger partial charge in [0, 0.05) is 42.2 Å². The predicted octanol–water partition coefficient (Wildman–Crippen LogP) is 3.69. The lowest BCUT2D eigenvalue weighted by Crippen LogP contribution is -2.22. The molecule has 0 fully saturated rings. The van der Waals surface area contributed by atoms with Crippen LogP contribution in [0.5, 0.6) is 17.2 Å². The van der Waals surface area contributed by atoms with Crippen LogP contribution < -0.4 is 14.8 Å². The fourth-order valence-corrected chi connectivity index (χ4v) is 1.90. The van der Waals surface area contributed by atoms with Crippen molar-refractivity contribution in [3.8, 4) is 17.2 Å². The molecule has 0 amide bonds. The van der Waals surface area contributed by atoms with Crippen LogP contribution in [0.3, 0.4) is 0 Å². The van der Waals surface area contributed by atoms with E-state index in [9.17, 15) is 0 Å². The second kappa shape index (κ2) is 7.09. The molecular formula is C17H22N2O2.